The topological polar surface area (TPSA) is 23.6 Å². The van der Waals surface area contributed by atoms with Gasteiger partial charge in [0.1, 0.15) is 0 Å². The minimum atomic E-state index is 0.243. The number of piperazine rings is 1. The second-order valence-corrected chi connectivity index (χ2v) is 8.22. The van der Waals surface area contributed by atoms with Crippen LogP contribution < -0.4 is 0 Å². The molecule has 0 aromatic carbocycles. The fourth-order valence-corrected chi connectivity index (χ4v) is 5.54. The third kappa shape index (κ3) is 3.24. The lowest BCUT2D eigenvalue weighted by molar-refractivity contribution is 0.0649. The Morgan fingerprint density at radius 1 is 1.30 bits per heavy atom. The van der Waals surface area contributed by atoms with Crippen LogP contribution >= 0.6 is 39.0 Å². The maximum Gasteiger partial charge on any atom is 0.264 e. The number of carbonyl (C=O) groups excluding carboxylic acids is 1. The molecule has 0 saturated carbocycles. The number of thioether (sulfide) groups is 1. The van der Waals surface area contributed by atoms with Crippen molar-refractivity contribution in [3.05, 3.63) is 21.4 Å². The van der Waals surface area contributed by atoms with Crippen molar-refractivity contribution >= 4 is 44.9 Å². The van der Waals surface area contributed by atoms with E-state index in [9.17, 15) is 4.79 Å². The predicted octanol–water partition coefficient (Wildman–Crippen LogP) is 2.69. The van der Waals surface area contributed by atoms with Gasteiger partial charge < -0.3 is 4.90 Å². The monoisotopic (exact) mass is 374 g/mol. The standard InChI is InChI=1S/C14H19BrN2OS2/c15-2-3-16-4-6-17(7-5-16)14(18)13-9-11-10-19-8-1-12(11)20-13/h9H,1-8,10H2. The van der Waals surface area contributed by atoms with Crippen LogP contribution in [0.5, 0.6) is 0 Å². The van der Waals surface area contributed by atoms with E-state index in [0.717, 1.165) is 55.1 Å². The summed E-state index contributed by atoms with van der Waals surface area (Å²) in [4.78, 5) is 19.4. The average molecular weight is 375 g/mol. The minimum absolute atomic E-state index is 0.243. The molecule has 3 rings (SSSR count). The molecular formula is C14H19BrN2OS2. The Morgan fingerprint density at radius 2 is 2.10 bits per heavy atom. The van der Waals surface area contributed by atoms with Crippen LogP contribution in [-0.4, -0.2) is 59.5 Å². The van der Waals surface area contributed by atoms with Gasteiger partial charge >= 0.3 is 0 Å². The zero-order valence-corrected chi connectivity index (χ0v) is 14.7. The number of halogens is 1. The van der Waals surface area contributed by atoms with Gasteiger partial charge in [-0.2, -0.15) is 11.8 Å². The second-order valence-electron chi connectivity index (χ2n) is 5.18. The third-order valence-corrected chi connectivity index (χ3v) is 6.49. The molecule has 0 unspecified atom stereocenters. The number of amides is 1. The summed E-state index contributed by atoms with van der Waals surface area (Å²) in [7, 11) is 0. The van der Waals surface area contributed by atoms with Crippen molar-refractivity contribution in [2.24, 2.45) is 0 Å². The molecule has 0 N–H and O–H groups in total. The number of carbonyl (C=O) groups is 1. The zero-order valence-electron chi connectivity index (χ0n) is 11.4. The Hall–Kier alpha value is -0.0400. The molecule has 1 saturated heterocycles. The van der Waals surface area contributed by atoms with Gasteiger partial charge in [-0.05, 0) is 23.8 Å². The maximum absolute atomic E-state index is 12.6. The molecule has 0 spiro atoms. The van der Waals surface area contributed by atoms with E-state index in [1.807, 2.05) is 16.7 Å². The van der Waals surface area contributed by atoms with Gasteiger partial charge in [-0.15, -0.1) is 11.3 Å². The molecule has 0 radical (unpaired) electrons. The van der Waals surface area contributed by atoms with Gasteiger partial charge in [-0.25, -0.2) is 0 Å². The van der Waals surface area contributed by atoms with E-state index in [1.54, 1.807) is 11.3 Å². The summed E-state index contributed by atoms with van der Waals surface area (Å²) < 4.78 is 0. The molecule has 1 amide bonds. The molecule has 1 fully saturated rings. The number of fused-ring (bicyclic) bond motifs is 1. The Bertz CT molecular complexity index is 460. The third-order valence-electron chi connectivity index (χ3n) is 3.90. The SMILES string of the molecule is O=C(c1cc2c(s1)CCSC2)N1CCN(CCBr)CC1. The van der Waals surface area contributed by atoms with Crippen LogP contribution in [0.3, 0.4) is 0 Å². The van der Waals surface area contributed by atoms with Crippen molar-refractivity contribution in [1.29, 1.82) is 0 Å². The Kier molecular flexibility index (Phi) is 5.07. The van der Waals surface area contributed by atoms with Crippen LogP contribution in [0.15, 0.2) is 6.07 Å². The number of hydrogen-bond donors (Lipinski definition) is 0. The highest BCUT2D eigenvalue weighted by Gasteiger charge is 2.24. The summed E-state index contributed by atoms with van der Waals surface area (Å²) in [6.45, 7) is 4.80. The molecule has 1 aromatic heterocycles. The summed E-state index contributed by atoms with van der Waals surface area (Å²) in [5, 5.41) is 1.01. The van der Waals surface area contributed by atoms with Gasteiger partial charge in [0.25, 0.3) is 5.91 Å². The van der Waals surface area contributed by atoms with Crippen molar-refractivity contribution in [1.82, 2.24) is 9.80 Å². The van der Waals surface area contributed by atoms with Gasteiger partial charge in [-0.1, -0.05) is 15.9 Å². The van der Waals surface area contributed by atoms with Gasteiger partial charge in [0.15, 0.2) is 0 Å². The van der Waals surface area contributed by atoms with Crippen LogP contribution in [0.2, 0.25) is 0 Å². The van der Waals surface area contributed by atoms with Crippen molar-refractivity contribution in [3.8, 4) is 0 Å². The van der Waals surface area contributed by atoms with E-state index in [4.69, 9.17) is 0 Å². The minimum Gasteiger partial charge on any atom is -0.335 e. The number of hydrogen-bond acceptors (Lipinski definition) is 4. The first kappa shape index (κ1) is 14.9. The highest BCUT2D eigenvalue weighted by Crippen LogP contribution is 2.32. The number of rotatable bonds is 3. The Labute approximate surface area is 136 Å². The molecule has 0 aliphatic carbocycles. The molecule has 20 heavy (non-hydrogen) atoms. The fourth-order valence-electron chi connectivity index (χ4n) is 2.70. The highest BCUT2D eigenvalue weighted by atomic mass is 79.9. The number of nitrogens with zero attached hydrogens (tertiary/aromatic N) is 2. The molecule has 110 valence electrons. The van der Waals surface area contributed by atoms with E-state index >= 15 is 0 Å². The zero-order chi connectivity index (χ0) is 13.9. The lowest BCUT2D eigenvalue weighted by Crippen LogP contribution is -2.48. The van der Waals surface area contributed by atoms with Crippen LogP contribution in [-0.2, 0) is 12.2 Å². The first-order valence-electron chi connectivity index (χ1n) is 7.05. The van der Waals surface area contributed by atoms with E-state index in [-0.39, 0.29) is 5.91 Å². The summed E-state index contributed by atoms with van der Waals surface area (Å²) >= 11 is 7.17. The quantitative estimate of drug-likeness (QED) is 0.759. The van der Waals surface area contributed by atoms with Crippen LogP contribution in [0.1, 0.15) is 20.1 Å². The molecule has 1 aromatic rings. The first-order valence-corrected chi connectivity index (χ1v) is 10.1. The summed E-state index contributed by atoms with van der Waals surface area (Å²) in [5.74, 6) is 2.53. The molecule has 2 aliphatic heterocycles. The molecule has 3 heterocycles. The average Bonchev–Trinajstić information content (AvgIpc) is 2.91. The second kappa shape index (κ2) is 6.81. The first-order chi connectivity index (χ1) is 9.78. The number of alkyl halides is 1. The fraction of sp³-hybridized carbons (Fsp3) is 0.643. The maximum atomic E-state index is 12.6. The summed E-state index contributed by atoms with van der Waals surface area (Å²) in [6.07, 6.45) is 1.14. The van der Waals surface area contributed by atoms with Crippen LogP contribution in [0.25, 0.3) is 0 Å². The van der Waals surface area contributed by atoms with E-state index < -0.39 is 0 Å². The Morgan fingerprint density at radius 3 is 2.80 bits per heavy atom. The molecule has 0 bridgehead atoms. The molecule has 0 atom stereocenters. The lowest BCUT2D eigenvalue weighted by Gasteiger charge is -2.34. The molecule has 2 aliphatic rings. The Balaban J connectivity index is 1.63. The molecular weight excluding hydrogens is 356 g/mol. The summed E-state index contributed by atoms with van der Waals surface area (Å²) in [6, 6.07) is 2.14. The van der Waals surface area contributed by atoms with Crippen molar-refractivity contribution in [2.75, 3.05) is 43.8 Å². The van der Waals surface area contributed by atoms with E-state index in [1.165, 1.54) is 16.2 Å². The number of thiophene rings is 1. The van der Waals surface area contributed by atoms with Crippen molar-refractivity contribution in [2.45, 2.75) is 12.2 Å². The van der Waals surface area contributed by atoms with Crippen LogP contribution in [0, 0.1) is 0 Å². The number of aryl methyl sites for hydroxylation is 1. The largest absolute Gasteiger partial charge is 0.335 e. The lowest BCUT2D eigenvalue weighted by atomic mass is 10.2. The van der Waals surface area contributed by atoms with E-state index in [0.29, 0.717) is 0 Å². The van der Waals surface area contributed by atoms with Crippen LogP contribution in [0.4, 0.5) is 0 Å². The normalized spacial score (nSPS) is 19.9. The van der Waals surface area contributed by atoms with Gasteiger partial charge in [0, 0.05) is 48.7 Å². The van der Waals surface area contributed by atoms with Crippen molar-refractivity contribution in [3.63, 3.8) is 0 Å². The summed E-state index contributed by atoms with van der Waals surface area (Å²) in [5.41, 5.74) is 1.40. The molecule has 3 nitrogen and oxygen atoms in total. The highest BCUT2D eigenvalue weighted by molar-refractivity contribution is 9.09. The van der Waals surface area contributed by atoms with Gasteiger partial charge in [0.2, 0.25) is 0 Å². The molecule has 6 heteroatoms. The predicted molar refractivity (Wildman–Crippen MR) is 90.3 cm³/mol. The van der Waals surface area contributed by atoms with Gasteiger partial charge in [0.05, 0.1) is 4.88 Å². The van der Waals surface area contributed by atoms with Crippen molar-refractivity contribution < 1.29 is 4.79 Å². The van der Waals surface area contributed by atoms with Gasteiger partial charge in [-0.3, -0.25) is 9.69 Å². The van der Waals surface area contributed by atoms with E-state index in [2.05, 4.69) is 26.9 Å². The smallest absolute Gasteiger partial charge is 0.264 e.